The molecule has 1 saturated carbocycles. The van der Waals surface area contributed by atoms with Crippen molar-refractivity contribution in [3.63, 3.8) is 0 Å². The number of ether oxygens (including phenoxy) is 1. The van der Waals surface area contributed by atoms with Crippen LogP contribution in [0.5, 0.6) is 0 Å². The van der Waals surface area contributed by atoms with Crippen molar-refractivity contribution in [3.05, 3.63) is 0 Å². The van der Waals surface area contributed by atoms with E-state index in [1.165, 1.54) is 0 Å². The molecule has 5 unspecified atom stereocenters. The third-order valence-electron chi connectivity index (χ3n) is 3.78. The number of aliphatic hydroxyl groups excluding tert-OH is 1. The predicted octanol–water partition coefficient (Wildman–Crippen LogP) is 1.67. The van der Waals surface area contributed by atoms with Gasteiger partial charge in [-0.25, -0.2) is 0 Å². The molecule has 0 radical (unpaired) electrons. The average molecular weight is 195 g/mol. The Morgan fingerprint density at radius 1 is 1.50 bits per heavy atom. The van der Waals surface area contributed by atoms with Crippen LogP contribution in [-0.4, -0.2) is 17.5 Å². The Balaban J connectivity index is 1.92. The first kappa shape index (κ1) is 9.95. The van der Waals surface area contributed by atoms with Crippen molar-refractivity contribution >= 4 is 0 Å². The van der Waals surface area contributed by atoms with Gasteiger partial charge in [-0.1, -0.05) is 6.92 Å². The fourth-order valence-corrected chi connectivity index (χ4v) is 3.03. The maximum absolute atomic E-state index is 9.34. The molecule has 0 spiro atoms. The van der Waals surface area contributed by atoms with Crippen molar-refractivity contribution in [2.45, 2.75) is 45.0 Å². The summed E-state index contributed by atoms with van der Waals surface area (Å²) in [6, 6.07) is 2.20. The van der Waals surface area contributed by atoms with Crippen LogP contribution in [0.4, 0.5) is 0 Å². The second-order valence-corrected chi connectivity index (χ2v) is 4.60. The fraction of sp³-hybridized carbons (Fsp3) is 0.909. The summed E-state index contributed by atoms with van der Waals surface area (Å²) in [6.07, 6.45) is 3.27. The summed E-state index contributed by atoms with van der Waals surface area (Å²) in [5.41, 5.74) is 0. The Hall–Kier alpha value is -0.590. The maximum Gasteiger partial charge on any atom is 0.155 e. The largest absolute Gasteiger partial charge is 0.368 e. The number of aliphatic hydroxyl groups is 1. The van der Waals surface area contributed by atoms with Crippen LogP contribution in [0.2, 0.25) is 0 Å². The molecule has 1 aliphatic heterocycles. The Kier molecular flexibility index (Phi) is 2.76. The normalized spacial score (nSPS) is 46.2. The number of nitrogens with zero attached hydrogens (tertiary/aromatic N) is 1. The lowest BCUT2D eigenvalue weighted by molar-refractivity contribution is -0.105. The zero-order valence-corrected chi connectivity index (χ0v) is 8.52. The molecule has 2 rings (SSSR count). The molecule has 0 aromatic carbocycles. The second-order valence-electron chi connectivity index (χ2n) is 4.60. The summed E-state index contributed by atoms with van der Waals surface area (Å²) in [4.78, 5) is 0. The molecule has 14 heavy (non-hydrogen) atoms. The smallest absolute Gasteiger partial charge is 0.155 e. The van der Waals surface area contributed by atoms with E-state index in [-0.39, 0.29) is 6.10 Å². The highest BCUT2D eigenvalue weighted by molar-refractivity contribution is 4.94. The van der Waals surface area contributed by atoms with Crippen LogP contribution in [0.15, 0.2) is 0 Å². The molecule has 1 aliphatic carbocycles. The maximum atomic E-state index is 9.34. The van der Waals surface area contributed by atoms with Crippen LogP contribution >= 0.6 is 0 Å². The number of nitriles is 1. The topological polar surface area (TPSA) is 53.2 Å². The van der Waals surface area contributed by atoms with Gasteiger partial charge in [-0.2, -0.15) is 5.26 Å². The lowest BCUT2D eigenvalue weighted by Crippen LogP contribution is -2.20. The molecule has 3 heteroatoms. The molecule has 2 fully saturated rings. The molecule has 1 N–H and O–H groups in total. The number of fused-ring (bicyclic) bond motifs is 1. The first-order valence-corrected chi connectivity index (χ1v) is 5.43. The van der Waals surface area contributed by atoms with E-state index >= 15 is 0 Å². The first-order chi connectivity index (χ1) is 6.72. The van der Waals surface area contributed by atoms with Crippen molar-refractivity contribution in [2.75, 3.05) is 0 Å². The van der Waals surface area contributed by atoms with Crippen molar-refractivity contribution in [1.82, 2.24) is 0 Å². The van der Waals surface area contributed by atoms with Crippen LogP contribution in [-0.2, 0) is 4.74 Å². The van der Waals surface area contributed by atoms with E-state index in [0.717, 1.165) is 19.3 Å². The molecular weight excluding hydrogens is 178 g/mol. The van der Waals surface area contributed by atoms with Crippen LogP contribution < -0.4 is 0 Å². The number of rotatable bonds is 2. The minimum Gasteiger partial charge on any atom is -0.368 e. The van der Waals surface area contributed by atoms with Gasteiger partial charge in [-0.3, -0.25) is 0 Å². The summed E-state index contributed by atoms with van der Waals surface area (Å²) in [5.74, 6) is 1.66. The molecule has 0 amide bonds. The minimum absolute atomic E-state index is 0.244. The average Bonchev–Trinajstić information content (AvgIpc) is 2.63. The molecule has 2 aliphatic rings. The van der Waals surface area contributed by atoms with Crippen LogP contribution in [0.1, 0.15) is 32.6 Å². The van der Waals surface area contributed by atoms with Gasteiger partial charge < -0.3 is 9.84 Å². The van der Waals surface area contributed by atoms with Gasteiger partial charge in [0.1, 0.15) is 0 Å². The predicted molar refractivity (Wildman–Crippen MR) is 51.1 cm³/mol. The fourth-order valence-electron chi connectivity index (χ4n) is 3.03. The third-order valence-corrected chi connectivity index (χ3v) is 3.78. The summed E-state index contributed by atoms with van der Waals surface area (Å²) >= 11 is 0. The molecule has 3 nitrogen and oxygen atoms in total. The van der Waals surface area contributed by atoms with E-state index in [0.29, 0.717) is 24.2 Å². The van der Waals surface area contributed by atoms with Gasteiger partial charge in [-0.05, 0) is 30.6 Å². The minimum atomic E-state index is -0.538. The number of hydrogen-bond acceptors (Lipinski definition) is 3. The lowest BCUT2D eigenvalue weighted by atomic mass is 9.92. The van der Waals surface area contributed by atoms with Crippen molar-refractivity contribution in [1.29, 1.82) is 5.26 Å². The van der Waals surface area contributed by atoms with Crippen LogP contribution in [0.25, 0.3) is 0 Å². The third kappa shape index (κ3) is 1.65. The molecule has 0 aromatic rings. The molecule has 5 atom stereocenters. The zero-order chi connectivity index (χ0) is 10.1. The first-order valence-electron chi connectivity index (χ1n) is 5.43. The second kappa shape index (κ2) is 3.88. The number of hydrogen-bond donors (Lipinski definition) is 1. The molecule has 78 valence electrons. The van der Waals surface area contributed by atoms with Crippen molar-refractivity contribution in [2.24, 2.45) is 17.8 Å². The van der Waals surface area contributed by atoms with E-state index in [1.54, 1.807) is 0 Å². The Morgan fingerprint density at radius 3 is 2.93 bits per heavy atom. The van der Waals surface area contributed by atoms with Crippen molar-refractivity contribution in [3.8, 4) is 6.07 Å². The monoisotopic (exact) mass is 195 g/mol. The standard InChI is InChI=1S/C11H17NO2/c1-7-8(3-2-4-12)5-9-6-10(13)14-11(7)9/h7-11,13H,2-3,5-6H2,1H3. The van der Waals surface area contributed by atoms with Gasteiger partial charge in [0.25, 0.3) is 0 Å². The van der Waals surface area contributed by atoms with E-state index < -0.39 is 6.29 Å². The lowest BCUT2D eigenvalue weighted by Gasteiger charge is -2.19. The summed E-state index contributed by atoms with van der Waals surface area (Å²) in [5, 5.41) is 17.9. The zero-order valence-electron chi connectivity index (χ0n) is 8.52. The highest BCUT2D eigenvalue weighted by atomic mass is 16.6. The summed E-state index contributed by atoms with van der Waals surface area (Å²) < 4.78 is 5.48. The molecular formula is C11H17NO2. The van der Waals surface area contributed by atoms with Crippen molar-refractivity contribution < 1.29 is 9.84 Å². The van der Waals surface area contributed by atoms with Gasteiger partial charge in [0.05, 0.1) is 12.2 Å². The molecule has 1 saturated heterocycles. The summed E-state index contributed by atoms with van der Waals surface area (Å²) in [7, 11) is 0. The van der Waals surface area contributed by atoms with E-state index in [1.807, 2.05) is 0 Å². The van der Waals surface area contributed by atoms with Gasteiger partial charge >= 0.3 is 0 Å². The Bertz CT molecular complexity index is 248. The molecule has 0 aromatic heterocycles. The van der Waals surface area contributed by atoms with Gasteiger partial charge in [0.15, 0.2) is 6.29 Å². The van der Waals surface area contributed by atoms with E-state index in [4.69, 9.17) is 10.00 Å². The summed E-state index contributed by atoms with van der Waals surface area (Å²) in [6.45, 7) is 2.19. The van der Waals surface area contributed by atoms with Gasteiger partial charge in [0.2, 0.25) is 0 Å². The highest BCUT2D eigenvalue weighted by Gasteiger charge is 2.46. The molecule has 1 heterocycles. The highest BCUT2D eigenvalue weighted by Crippen LogP contribution is 2.46. The van der Waals surface area contributed by atoms with Gasteiger partial charge in [0, 0.05) is 12.8 Å². The Morgan fingerprint density at radius 2 is 2.29 bits per heavy atom. The van der Waals surface area contributed by atoms with Crippen LogP contribution in [0.3, 0.4) is 0 Å². The Labute approximate surface area is 84.7 Å². The SMILES string of the molecule is CC1C(CCC#N)CC2CC(O)OC21. The van der Waals surface area contributed by atoms with E-state index in [2.05, 4.69) is 13.0 Å². The molecule has 0 bridgehead atoms. The van der Waals surface area contributed by atoms with Gasteiger partial charge in [-0.15, -0.1) is 0 Å². The van der Waals surface area contributed by atoms with E-state index in [9.17, 15) is 5.11 Å². The van der Waals surface area contributed by atoms with Crippen LogP contribution in [0, 0.1) is 29.1 Å². The quantitative estimate of drug-likeness (QED) is 0.729.